The molecule has 1 amide bonds. The Morgan fingerprint density at radius 1 is 1.09 bits per heavy atom. The third-order valence-electron chi connectivity index (χ3n) is 5.16. The summed E-state index contributed by atoms with van der Waals surface area (Å²) >= 11 is 3.50. The van der Waals surface area contributed by atoms with Gasteiger partial charge in [-0.15, -0.1) is 0 Å². The van der Waals surface area contributed by atoms with Crippen molar-refractivity contribution in [3.05, 3.63) is 58.7 Å². The van der Waals surface area contributed by atoms with Crippen molar-refractivity contribution < 1.29 is 22.8 Å². The van der Waals surface area contributed by atoms with Gasteiger partial charge < -0.3 is 4.74 Å². The van der Waals surface area contributed by atoms with Crippen LogP contribution in [0.1, 0.15) is 26.3 Å². The molecule has 0 unspecified atom stereocenters. The molecule has 10 heteroatoms. The van der Waals surface area contributed by atoms with Gasteiger partial charge in [0.1, 0.15) is 5.60 Å². The zero-order valence-electron chi connectivity index (χ0n) is 18.9. The van der Waals surface area contributed by atoms with Crippen LogP contribution in [-0.2, 0) is 19.6 Å². The number of hydroxylamine groups is 1. The maximum atomic E-state index is 13.5. The zero-order chi connectivity index (χ0) is 24.0. The summed E-state index contributed by atoms with van der Waals surface area (Å²) in [5, 5.41) is 2.36. The fourth-order valence-electron chi connectivity index (χ4n) is 3.55. The van der Waals surface area contributed by atoms with E-state index in [0.29, 0.717) is 28.8 Å². The van der Waals surface area contributed by atoms with E-state index in [1.54, 1.807) is 41.6 Å². The molecule has 0 radical (unpaired) electrons. The first-order valence-electron chi connectivity index (χ1n) is 10.5. The van der Waals surface area contributed by atoms with E-state index >= 15 is 0 Å². The molecule has 33 heavy (non-hydrogen) atoms. The minimum Gasteiger partial charge on any atom is -0.444 e. The van der Waals surface area contributed by atoms with Crippen LogP contribution < -0.4 is 5.06 Å². The highest BCUT2D eigenvalue weighted by Gasteiger charge is 2.29. The number of para-hydroxylation sites is 1. The molecule has 4 rings (SSSR count). The Hall–Kier alpha value is -2.56. The van der Waals surface area contributed by atoms with Crippen LogP contribution in [0, 0.1) is 6.92 Å². The fraction of sp³-hybridized carbons (Fsp3) is 0.348. The molecule has 2 aromatic carbocycles. The number of rotatable bonds is 3. The first-order valence-corrected chi connectivity index (χ1v) is 12.7. The SMILES string of the molecule is Cc1ccc(S(=O)(=O)n2cc(Br)c3cccc(N4CCN(C(=O)OC(C)(C)C)CO4)c32)cc1. The lowest BCUT2D eigenvalue weighted by molar-refractivity contribution is -0.0414. The van der Waals surface area contributed by atoms with Crippen molar-refractivity contribution >= 4 is 48.6 Å². The summed E-state index contributed by atoms with van der Waals surface area (Å²) in [6, 6.07) is 12.2. The first kappa shape index (κ1) is 23.6. The normalized spacial score (nSPS) is 15.2. The summed E-state index contributed by atoms with van der Waals surface area (Å²) in [5.41, 5.74) is 1.47. The van der Waals surface area contributed by atoms with E-state index in [-0.39, 0.29) is 11.6 Å². The van der Waals surface area contributed by atoms with Gasteiger partial charge in [0.15, 0.2) is 6.73 Å². The van der Waals surface area contributed by atoms with Crippen molar-refractivity contribution in [3.63, 3.8) is 0 Å². The predicted molar refractivity (Wildman–Crippen MR) is 130 cm³/mol. The van der Waals surface area contributed by atoms with Crippen molar-refractivity contribution in [2.24, 2.45) is 0 Å². The van der Waals surface area contributed by atoms with Crippen LogP contribution in [0.4, 0.5) is 10.5 Å². The molecule has 2 heterocycles. The fourth-order valence-corrected chi connectivity index (χ4v) is 5.59. The minimum absolute atomic E-state index is 0.00209. The first-order chi connectivity index (χ1) is 15.5. The molecule has 0 saturated carbocycles. The van der Waals surface area contributed by atoms with Crippen molar-refractivity contribution in [2.75, 3.05) is 24.9 Å². The van der Waals surface area contributed by atoms with E-state index in [1.165, 1.54) is 8.87 Å². The second-order valence-corrected chi connectivity index (χ2v) is 11.5. The summed E-state index contributed by atoms with van der Waals surface area (Å²) < 4.78 is 34.3. The van der Waals surface area contributed by atoms with Gasteiger partial charge in [-0.3, -0.25) is 9.74 Å². The molecule has 1 fully saturated rings. The average Bonchev–Trinajstić information content (AvgIpc) is 3.11. The number of hydrogen-bond donors (Lipinski definition) is 0. The van der Waals surface area contributed by atoms with E-state index in [4.69, 9.17) is 9.57 Å². The van der Waals surface area contributed by atoms with Gasteiger partial charge in [-0.2, -0.15) is 0 Å². The van der Waals surface area contributed by atoms with Crippen molar-refractivity contribution in [2.45, 2.75) is 38.2 Å². The molecule has 176 valence electrons. The molecule has 0 atom stereocenters. The van der Waals surface area contributed by atoms with Crippen LogP contribution in [0.15, 0.2) is 58.0 Å². The van der Waals surface area contributed by atoms with Crippen LogP contribution in [0.5, 0.6) is 0 Å². The van der Waals surface area contributed by atoms with Gasteiger partial charge in [-0.1, -0.05) is 29.8 Å². The number of carbonyl (C=O) groups is 1. The lowest BCUT2D eigenvalue weighted by Gasteiger charge is -2.36. The molecule has 1 aliphatic rings. The van der Waals surface area contributed by atoms with Crippen molar-refractivity contribution in [3.8, 4) is 0 Å². The number of aryl methyl sites for hydroxylation is 1. The van der Waals surface area contributed by atoms with E-state index in [2.05, 4.69) is 15.9 Å². The largest absolute Gasteiger partial charge is 0.444 e. The maximum absolute atomic E-state index is 13.5. The Kier molecular flexibility index (Phi) is 6.19. The van der Waals surface area contributed by atoms with Crippen LogP contribution in [-0.4, -0.2) is 48.8 Å². The summed E-state index contributed by atoms with van der Waals surface area (Å²) in [7, 11) is -3.85. The molecule has 1 saturated heterocycles. The minimum atomic E-state index is -3.85. The number of ether oxygens (including phenoxy) is 1. The Morgan fingerprint density at radius 2 is 1.79 bits per heavy atom. The summed E-state index contributed by atoms with van der Waals surface area (Å²) in [4.78, 5) is 19.9. The average molecular weight is 536 g/mol. The van der Waals surface area contributed by atoms with E-state index in [1.807, 2.05) is 39.8 Å². The number of fused-ring (bicyclic) bond motifs is 1. The van der Waals surface area contributed by atoms with Crippen LogP contribution in [0.3, 0.4) is 0 Å². The second-order valence-electron chi connectivity index (χ2n) is 8.87. The molecule has 0 bridgehead atoms. The number of hydrogen-bond acceptors (Lipinski definition) is 6. The Bertz CT molecular complexity index is 1290. The van der Waals surface area contributed by atoms with Crippen molar-refractivity contribution in [1.82, 2.24) is 8.87 Å². The molecule has 3 aromatic rings. The van der Waals surface area contributed by atoms with Crippen LogP contribution >= 0.6 is 15.9 Å². The highest BCUT2D eigenvalue weighted by molar-refractivity contribution is 9.10. The van der Waals surface area contributed by atoms with Gasteiger partial charge in [0.05, 0.1) is 22.6 Å². The van der Waals surface area contributed by atoms with E-state index in [0.717, 1.165) is 10.9 Å². The number of nitrogens with zero attached hydrogens (tertiary/aromatic N) is 3. The molecular formula is C23H26BrN3O5S. The quantitative estimate of drug-likeness (QED) is 0.474. The number of benzene rings is 2. The lowest BCUT2D eigenvalue weighted by atomic mass is 10.2. The van der Waals surface area contributed by atoms with Crippen molar-refractivity contribution in [1.29, 1.82) is 0 Å². The number of anilines is 1. The third kappa shape index (κ3) is 4.73. The Balaban J connectivity index is 1.68. The standard InChI is InChI=1S/C23H26BrN3O5S/c1-16-8-10-17(11-9-16)33(29,30)27-14-19(24)18-6-5-7-20(21(18)27)26-13-12-25(15-31-26)22(28)32-23(2,3)4/h5-11,14H,12-13,15H2,1-4H3. The molecule has 0 N–H and O–H groups in total. The van der Waals surface area contributed by atoms with Crippen LogP contribution in [0.2, 0.25) is 0 Å². The van der Waals surface area contributed by atoms with Gasteiger partial charge in [0.25, 0.3) is 10.0 Å². The highest BCUT2D eigenvalue weighted by Crippen LogP contribution is 2.36. The molecule has 1 aromatic heterocycles. The summed E-state index contributed by atoms with van der Waals surface area (Å²) in [6.45, 7) is 8.06. The van der Waals surface area contributed by atoms with Gasteiger partial charge >= 0.3 is 6.09 Å². The topological polar surface area (TPSA) is 81.1 Å². The zero-order valence-corrected chi connectivity index (χ0v) is 21.3. The lowest BCUT2D eigenvalue weighted by Crippen LogP contribution is -2.49. The maximum Gasteiger partial charge on any atom is 0.412 e. The number of carbonyl (C=O) groups excluding carboxylic acids is 1. The third-order valence-corrected chi connectivity index (χ3v) is 7.47. The van der Waals surface area contributed by atoms with E-state index < -0.39 is 21.7 Å². The molecule has 0 spiro atoms. The van der Waals surface area contributed by atoms with Crippen LogP contribution in [0.25, 0.3) is 10.9 Å². The second kappa shape index (κ2) is 8.66. The Morgan fingerprint density at radius 3 is 2.39 bits per heavy atom. The van der Waals surface area contributed by atoms with Gasteiger partial charge in [-0.25, -0.2) is 22.2 Å². The number of amides is 1. The van der Waals surface area contributed by atoms with E-state index in [9.17, 15) is 13.2 Å². The molecule has 0 aliphatic carbocycles. The summed E-state index contributed by atoms with van der Waals surface area (Å²) in [6.07, 6.45) is 1.11. The highest BCUT2D eigenvalue weighted by atomic mass is 79.9. The molecule has 1 aliphatic heterocycles. The van der Waals surface area contributed by atoms with Gasteiger partial charge in [0.2, 0.25) is 0 Å². The van der Waals surface area contributed by atoms with Gasteiger partial charge in [0, 0.05) is 22.6 Å². The van der Waals surface area contributed by atoms with Gasteiger partial charge in [-0.05, 0) is 61.8 Å². The number of aromatic nitrogens is 1. The summed E-state index contributed by atoms with van der Waals surface area (Å²) in [5.74, 6) is 0. The Labute approximate surface area is 201 Å². The smallest absolute Gasteiger partial charge is 0.412 e. The monoisotopic (exact) mass is 535 g/mol. The molecular weight excluding hydrogens is 510 g/mol. The predicted octanol–water partition coefficient (Wildman–Crippen LogP) is 4.90. The molecule has 8 nitrogen and oxygen atoms in total. The number of halogens is 1.